The Labute approximate surface area is 82.3 Å². The fourth-order valence-electron chi connectivity index (χ4n) is 0.716. The molecule has 0 atom stereocenters. The van der Waals surface area contributed by atoms with Crippen LogP contribution < -0.4 is 10.6 Å². The fourth-order valence-corrected chi connectivity index (χ4v) is 0.716. The Hall–Kier alpha value is -0.410. The van der Waals surface area contributed by atoms with Crippen molar-refractivity contribution in [1.82, 2.24) is 10.6 Å². The number of hydrogen-bond acceptors (Lipinski definition) is 3. The summed E-state index contributed by atoms with van der Waals surface area (Å²) in [6.07, 6.45) is 5.18. The normalized spacial score (nSPS) is 8.85. The van der Waals surface area contributed by atoms with Crippen LogP contribution in [0.5, 0.6) is 0 Å². The lowest BCUT2D eigenvalue weighted by Gasteiger charge is -1.89. The van der Waals surface area contributed by atoms with Gasteiger partial charge in [0.25, 0.3) is 0 Å². The molecular formula is C10H24N2O. The second-order valence-corrected chi connectivity index (χ2v) is 2.87. The maximum Gasteiger partial charge on any atom is 0.120 e. The van der Waals surface area contributed by atoms with E-state index in [4.69, 9.17) is 0 Å². The molecule has 3 heteroatoms. The van der Waals surface area contributed by atoms with Crippen LogP contribution in [0.1, 0.15) is 32.6 Å². The van der Waals surface area contributed by atoms with Gasteiger partial charge >= 0.3 is 0 Å². The van der Waals surface area contributed by atoms with Crippen LogP contribution in [0.2, 0.25) is 0 Å². The molecule has 0 amide bonds. The quantitative estimate of drug-likeness (QED) is 0.466. The van der Waals surface area contributed by atoms with Crippen molar-refractivity contribution in [1.29, 1.82) is 0 Å². The zero-order valence-electron chi connectivity index (χ0n) is 9.23. The largest absolute Gasteiger partial charge is 0.320 e. The molecule has 0 aromatic carbocycles. The maximum absolute atomic E-state index is 9.65. The smallest absolute Gasteiger partial charge is 0.120 e. The minimum atomic E-state index is 0.681. The lowest BCUT2D eigenvalue weighted by atomic mass is 10.3. The summed E-state index contributed by atoms with van der Waals surface area (Å²) in [5, 5.41) is 6.01. The van der Waals surface area contributed by atoms with E-state index in [2.05, 4.69) is 17.6 Å². The van der Waals surface area contributed by atoms with Crippen LogP contribution in [0.25, 0.3) is 0 Å². The fraction of sp³-hybridized carbons (Fsp3) is 0.900. The Morgan fingerprint density at radius 1 is 1.08 bits per heavy atom. The highest BCUT2D eigenvalue weighted by molar-refractivity contribution is 5.48. The van der Waals surface area contributed by atoms with Gasteiger partial charge in [0.15, 0.2) is 0 Å². The summed E-state index contributed by atoms with van der Waals surface area (Å²) < 4.78 is 0. The van der Waals surface area contributed by atoms with E-state index >= 15 is 0 Å². The molecule has 0 saturated heterocycles. The van der Waals surface area contributed by atoms with Gasteiger partial charge in [-0.05, 0) is 40.0 Å². The van der Waals surface area contributed by atoms with E-state index < -0.39 is 0 Å². The van der Waals surface area contributed by atoms with Crippen LogP contribution >= 0.6 is 0 Å². The third-order valence-corrected chi connectivity index (χ3v) is 1.53. The van der Waals surface area contributed by atoms with Crippen molar-refractivity contribution in [3.05, 3.63) is 0 Å². The molecule has 0 heterocycles. The molecule has 13 heavy (non-hydrogen) atoms. The van der Waals surface area contributed by atoms with E-state index in [1.165, 1.54) is 12.8 Å². The summed E-state index contributed by atoms with van der Waals surface area (Å²) in [4.78, 5) is 9.65. The first-order valence-corrected chi connectivity index (χ1v) is 5.06. The van der Waals surface area contributed by atoms with Crippen molar-refractivity contribution >= 4 is 6.29 Å². The van der Waals surface area contributed by atoms with E-state index in [1.54, 1.807) is 0 Å². The molecule has 0 radical (unpaired) electrons. The van der Waals surface area contributed by atoms with Crippen LogP contribution in [0, 0.1) is 0 Å². The topological polar surface area (TPSA) is 41.1 Å². The standard InChI is InChI=1S/C5H11NO.C5H13N/c1-6-4-2-3-5-7;1-3-4-5-6-2/h5-6H,2-4H2,1H3;6H,3-5H2,1-2H3. The van der Waals surface area contributed by atoms with Gasteiger partial charge in [-0.25, -0.2) is 0 Å². The van der Waals surface area contributed by atoms with E-state index in [9.17, 15) is 4.79 Å². The minimum Gasteiger partial charge on any atom is -0.320 e. The maximum atomic E-state index is 9.65. The van der Waals surface area contributed by atoms with Gasteiger partial charge in [0, 0.05) is 6.42 Å². The molecule has 80 valence electrons. The lowest BCUT2D eigenvalue weighted by molar-refractivity contribution is -0.107. The Balaban J connectivity index is 0. The van der Waals surface area contributed by atoms with Crippen molar-refractivity contribution in [3.63, 3.8) is 0 Å². The number of aldehydes is 1. The average Bonchev–Trinajstić information content (AvgIpc) is 2.17. The van der Waals surface area contributed by atoms with Gasteiger partial charge in [0.1, 0.15) is 6.29 Å². The molecule has 0 saturated carbocycles. The van der Waals surface area contributed by atoms with Gasteiger partial charge in [-0.15, -0.1) is 0 Å². The van der Waals surface area contributed by atoms with Crippen LogP contribution in [-0.2, 0) is 4.79 Å². The van der Waals surface area contributed by atoms with Crippen molar-refractivity contribution in [2.45, 2.75) is 32.6 Å². The molecule has 0 aliphatic carbocycles. The predicted octanol–water partition coefficient (Wildman–Crippen LogP) is 1.19. The molecule has 0 aromatic heterocycles. The number of rotatable bonds is 7. The van der Waals surface area contributed by atoms with Gasteiger partial charge in [-0.2, -0.15) is 0 Å². The third-order valence-electron chi connectivity index (χ3n) is 1.53. The summed E-state index contributed by atoms with van der Waals surface area (Å²) in [6, 6.07) is 0. The van der Waals surface area contributed by atoms with E-state index in [1.807, 2.05) is 14.1 Å². The molecule has 0 fully saturated rings. The SMILES string of the molecule is CCCCNC.CNCCCC=O. The van der Waals surface area contributed by atoms with Gasteiger partial charge in [-0.3, -0.25) is 0 Å². The highest BCUT2D eigenvalue weighted by atomic mass is 16.1. The highest BCUT2D eigenvalue weighted by Crippen LogP contribution is 1.79. The summed E-state index contributed by atoms with van der Waals surface area (Å²) in [5.41, 5.74) is 0. The second-order valence-electron chi connectivity index (χ2n) is 2.87. The zero-order chi connectivity index (χ0) is 10.4. The average molecular weight is 188 g/mol. The number of unbranched alkanes of at least 4 members (excludes halogenated alkanes) is 2. The Morgan fingerprint density at radius 3 is 1.92 bits per heavy atom. The summed E-state index contributed by atoms with van der Waals surface area (Å²) >= 11 is 0. The molecule has 2 N–H and O–H groups in total. The number of nitrogens with one attached hydrogen (secondary N) is 2. The van der Waals surface area contributed by atoms with Crippen molar-refractivity contribution in [2.24, 2.45) is 0 Å². The van der Waals surface area contributed by atoms with Crippen molar-refractivity contribution < 1.29 is 4.79 Å². The monoisotopic (exact) mass is 188 g/mol. The van der Waals surface area contributed by atoms with E-state index in [-0.39, 0.29) is 0 Å². The van der Waals surface area contributed by atoms with Crippen LogP contribution in [0.15, 0.2) is 0 Å². The summed E-state index contributed by atoms with van der Waals surface area (Å²) in [5.74, 6) is 0. The molecule has 0 spiro atoms. The first kappa shape index (κ1) is 15.1. The Kier molecular flexibility index (Phi) is 20.4. The number of carbonyl (C=O) groups excluding carboxylic acids is 1. The number of carbonyl (C=O) groups is 1. The number of hydrogen-bond donors (Lipinski definition) is 2. The van der Waals surface area contributed by atoms with Crippen LogP contribution in [0.3, 0.4) is 0 Å². The van der Waals surface area contributed by atoms with Crippen LogP contribution in [-0.4, -0.2) is 33.5 Å². The van der Waals surface area contributed by atoms with E-state index in [0.717, 1.165) is 25.8 Å². The molecule has 0 aromatic rings. The Bertz CT molecular complexity index is 83.0. The molecule has 0 aliphatic heterocycles. The van der Waals surface area contributed by atoms with Crippen molar-refractivity contribution in [2.75, 3.05) is 27.2 Å². The second kappa shape index (κ2) is 17.6. The lowest BCUT2D eigenvalue weighted by Crippen LogP contribution is -2.06. The molecule has 0 unspecified atom stereocenters. The summed E-state index contributed by atoms with van der Waals surface area (Å²) in [6.45, 7) is 4.30. The zero-order valence-corrected chi connectivity index (χ0v) is 9.23. The first-order valence-electron chi connectivity index (χ1n) is 5.06. The van der Waals surface area contributed by atoms with E-state index in [0.29, 0.717) is 6.42 Å². The third kappa shape index (κ3) is 24.5. The van der Waals surface area contributed by atoms with Gasteiger partial charge in [0.05, 0.1) is 0 Å². The summed E-state index contributed by atoms with van der Waals surface area (Å²) in [7, 11) is 3.86. The minimum absolute atomic E-state index is 0.681. The Morgan fingerprint density at radius 2 is 1.62 bits per heavy atom. The molecule has 3 nitrogen and oxygen atoms in total. The van der Waals surface area contributed by atoms with Crippen LogP contribution in [0.4, 0.5) is 0 Å². The van der Waals surface area contributed by atoms with Crippen molar-refractivity contribution in [3.8, 4) is 0 Å². The molecule has 0 aliphatic rings. The first-order chi connectivity index (χ1) is 6.33. The van der Waals surface area contributed by atoms with Gasteiger partial charge in [0.2, 0.25) is 0 Å². The van der Waals surface area contributed by atoms with Gasteiger partial charge in [-0.1, -0.05) is 13.3 Å². The molecular weight excluding hydrogens is 164 g/mol. The van der Waals surface area contributed by atoms with Gasteiger partial charge < -0.3 is 15.4 Å². The highest BCUT2D eigenvalue weighted by Gasteiger charge is 1.78. The predicted molar refractivity (Wildman–Crippen MR) is 58.1 cm³/mol. The molecule has 0 rings (SSSR count). The molecule has 0 bridgehead atoms.